The lowest BCUT2D eigenvalue weighted by atomic mass is 10.6. The smallest absolute Gasteiger partial charge is 0.218 e. The van der Waals surface area contributed by atoms with Crippen LogP contribution in [0.5, 0.6) is 5.88 Å². The van der Waals surface area contributed by atoms with Gasteiger partial charge in [0.1, 0.15) is 10.4 Å². The van der Waals surface area contributed by atoms with Crippen LogP contribution in [0.2, 0.25) is 0 Å². The van der Waals surface area contributed by atoms with Gasteiger partial charge in [0.05, 0.1) is 0 Å². The number of nitrogens with zero attached hydrogens (tertiary/aromatic N) is 2. The Hall–Kier alpha value is -1.08. The molecule has 1 rings (SSSR count). The maximum absolute atomic E-state index is 5.10. The molecule has 1 heterocycles. The topological polar surface area (TPSA) is 35.0 Å². The summed E-state index contributed by atoms with van der Waals surface area (Å²) in [4.78, 5) is 8.03. The van der Waals surface area contributed by atoms with Crippen LogP contribution in [0.3, 0.4) is 0 Å². The minimum absolute atomic E-state index is 0.225. The Morgan fingerprint density at radius 2 is 2.42 bits per heavy atom. The molecule has 0 aliphatic carbocycles. The predicted molar refractivity (Wildman–Crippen MR) is 48.8 cm³/mol. The Labute approximate surface area is 79.3 Å². The number of aromatic nitrogens is 2. The summed E-state index contributed by atoms with van der Waals surface area (Å²) in [5.41, 5.74) is 0. The Morgan fingerprint density at radius 3 is 3.00 bits per heavy atom. The Morgan fingerprint density at radius 1 is 1.67 bits per heavy atom. The molecule has 0 amide bonds. The van der Waals surface area contributed by atoms with E-state index in [4.69, 9.17) is 11.2 Å². The monoisotopic (exact) mass is 226 g/mol. The number of aryl methyl sites for hydroxylation is 1. The number of rotatable bonds is 2. The van der Waals surface area contributed by atoms with E-state index >= 15 is 0 Å². The van der Waals surface area contributed by atoms with E-state index in [2.05, 4.69) is 31.8 Å². The van der Waals surface area contributed by atoms with Crippen LogP contribution in [-0.4, -0.2) is 16.6 Å². The highest BCUT2D eigenvalue weighted by Crippen LogP contribution is 2.13. The zero-order chi connectivity index (χ0) is 8.97. The van der Waals surface area contributed by atoms with Crippen molar-refractivity contribution in [1.29, 1.82) is 0 Å². The molecule has 0 saturated carbocycles. The third kappa shape index (κ3) is 2.51. The van der Waals surface area contributed by atoms with Crippen molar-refractivity contribution >= 4 is 15.9 Å². The van der Waals surface area contributed by atoms with E-state index in [0.717, 1.165) is 0 Å². The van der Waals surface area contributed by atoms with Crippen LogP contribution in [0.25, 0.3) is 0 Å². The first-order valence-electron chi connectivity index (χ1n) is 3.30. The van der Waals surface area contributed by atoms with Gasteiger partial charge >= 0.3 is 0 Å². The van der Waals surface area contributed by atoms with Gasteiger partial charge in [-0.1, -0.05) is 5.92 Å². The quantitative estimate of drug-likeness (QED) is 0.568. The van der Waals surface area contributed by atoms with Gasteiger partial charge in [0.15, 0.2) is 6.61 Å². The second-order valence-corrected chi connectivity index (χ2v) is 2.88. The lowest BCUT2D eigenvalue weighted by Gasteiger charge is -2.01. The summed E-state index contributed by atoms with van der Waals surface area (Å²) in [6.07, 6.45) is 5.02. The second-order valence-electron chi connectivity index (χ2n) is 2.07. The standard InChI is InChI=1S/C8H7BrN2O/c1-3-4-12-8-5-7(9)10-6(2)11-8/h1,5H,4H2,2H3. The number of halogens is 1. The van der Waals surface area contributed by atoms with Gasteiger partial charge in [-0.3, -0.25) is 0 Å². The lowest BCUT2D eigenvalue weighted by molar-refractivity contribution is 0.353. The molecule has 0 saturated heterocycles. The van der Waals surface area contributed by atoms with E-state index in [1.807, 2.05) is 0 Å². The summed E-state index contributed by atoms with van der Waals surface area (Å²) < 4.78 is 5.80. The summed E-state index contributed by atoms with van der Waals surface area (Å²) in [6.45, 7) is 2.01. The molecule has 0 unspecified atom stereocenters. The summed E-state index contributed by atoms with van der Waals surface area (Å²) in [7, 11) is 0. The molecule has 0 radical (unpaired) electrons. The van der Waals surface area contributed by atoms with Gasteiger partial charge in [-0.2, -0.15) is 4.98 Å². The van der Waals surface area contributed by atoms with E-state index < -0.39 is 0 Å². The first kappa shape index (κ1) is 9.01. The molecule has 0 aromatic carbocycles. The van der Waals surface area contributed by atoms with Crippen LogP contribution >= 0.6 is 15.9 Å². The Balaban J connectivity index is 2.80. The molecular formula is C8H7BrN2O. The molecule has 1 aromatic rings. The first-order chi connectivity index (χ1) is 5.72. The molecule has 0 aliphatic heterocycles. The molecule has 1 aromatic heterocycles. The van der Waals surface area contributed by atoms with E-state index in [1.165, 1.54) is 0 Å². The number of terminal acetylenes is 1. The molecule has 0 aliphatic rings. The van der Waals surface area contributed by atoms with Crippen LogP contribution < -0.4 is 4.74 Å². The van der Waals surface area contributed by atoms with Crippen LogP contribution in [0.1, 0.15) is 5.82 Å². The zero-order valence-corrected chi connectivity index (χ0v) is 8.13. The highest BCUT2D eigenvalue weighted by atomic mass is 79.9. The molecule has 0 fully saturated rings. The summed E-state index contributed by atoms with van der Waals surface area (Å²) in [5.74, 6) is 3.50. The lowest BCUT2D eigenvalue weighted by Crippen LogP contribution is -1.98. The summed E-state index contributed by atoms with van der Waals surface area (Å²) in [5, 5.41) is 0. The third-order valence-corrected chi connectivity index (χ3v) is 1.49. The van der Waals surface area contributed by atoms with Crippen molar-refractivity contribution in [3.05, 3.63) is 16.5 Å². The fourth-order valence-electron chi connectivity index (χ4n) is 0.695. The van der Waals surface area contributed by atoms with Crippen LogP contribution in [0.4, 0.5) is 0 Å². The van der Waals surface area contributed by atoms with Gasteiger partial charge in [0, 0.05) is 6.07 Å². The van der Waals surface area contributed by atoms with Crippen molar-refractivity contribution in [1.82, 2.24) is 9.97 Å². The molecule has 0 bridgehead atoms. The van der Waals surface area contributed by atoms with E-state index in [0.29, 0.717) is 16.3 Å². The Kier molecular flexibility index (Phi) is 3.06. The summed E-state index contributed by atoms with van der Waals surface area (Å²) >= 11 is 3.22. The minimum Gasteiger partial charge on any atom is -0.464 e. The average molecular weight is 227 g/mol. The predicted octanol–water partition coefficient (Wildman–Crippen LogP) is 1.56. The number of hydrogen-bond donors (Lipinski definition) is 0. The van der Waals surface area contributed by atoms with Crippen molar-refractivity contribution in [3.63, 3.8) is 0 Å². The molecule has 62 valence electrons. The van der Waals surface area contributed by atoms with Gasteiger partial charge in [0.2, 0.25) is 5.88 Å². The largest absolute Gasteiger partial charge is 0.464 e. The zero-order valence-electron chi connectivity index (χ0n) is 6.54. The molecule has 3 nitrogen and oxygen atoms in total. The van der Waals surface area contributed by atoms with Crippen LogP contribution in [0.15, 0.2) is 10.7 Å². The van der Waals surface area contributed by atoms with Gasteiger partial charge in [-0.05, 0) is 22.9 Å². The molecule has 4 heteroatoms. The molecule has 12 heavy (non-hydrogen) atoms. The first-order valence-corrected chi connectivity index (χ1v) is 4.09. The van der Waals surface area contributed by atoms with E-state index in [-0.39, 0.29) is 6.61 Å². The number of hydrogen-bond acceptors (Lipinski definition) is 3. The van der Waals surface area contributed by atoms with Crippen molar-refractivity contribution in [2.75, 3.05) is 6.61 Å². The molecule has 0 N–H and O–H groups in total. The van der Waals surface area contributed by atoms with Crippen molar-refractivity contribution in [2.24, 2.45) is 0 Å². The Bertz CT molecular complexity index is 299. The minimum atomic E-state index is 0.225. The fourth-order valence-corrected chi connectivity index (χ4v) is 1.15. The van der Waals surface area contributed by atoms with Gasteiger partial charge in [0.25, 0.3) is 0 Å². The molecule has 0 atom stereocenters. The van der Waals surface area contributed by atoms with Gasteiger partial charge in [-0.25, -0.2) is 4.98 Å². The molecular weight excluding hydrogens is 220 g/mol. The van der Waals surface area contributed by atoms with Gasteiger partial charge < -0.3 is 4.74 Å². The van der Waals surface area contributed by atoms with Gasteiger partial charge in [-0.15, -0.1) is 6.42 Å². The third-order valence-electron chi connectivity index (χ3n) is 1.09. The highest BCUT2D eigenvalue weighted by molar-refractivity contribution is 9.10. The van der Waals surface area contributed by atoms with E-state index in [9.17, 15) is 0 Å². The highest BCUT2D eigenvalue weighted by Gasteiger charge is 1.98. The SMILES string of the molecule is C#CCOc1cc(Br)nc(C)n1. The van der Waals surface area contributed by atoms with Crippen LogP contribution in [0, 0.1) is 19.3 Å². The summed E-state index contributed by atoms with van der Waals surface area (Å²) in [6, 6.07) is 1.67. The second kappa shape index (κ2) is 4.07. The fraction of sp³-hybridized carbons (Fsp3) is 0.250. The number of ether oxygens (including phenoxy) is 1. The maximum atomic E-state index is 5.10. The van der Waals surface area contributed by atoms with Crippen LogP contribution in [-0.2, 0) is 0 Å². The van der Waals surface area contributed by atoms with E-state index in [1.54, 1.807) is 13.0 Å². The average Bonchev–Trinajstić information content (AvgIpc) is 1.99. The van der Waals surface area contributed by atoms with Crippen molar-refractivity contribution < 1.29 is 4.74 Å². The van der Waals surface area contributed by atoms with Crippen molar-refractivity contribution in [2.45, 2.75) is 6.92 Å². The normalized spacial score (nSPS) is 9.08. The maximum Gasteiger partial charge on any atom is 0.218 e. The van der Waals surface area contributed by atoms with Crippen molar-refractivity contribution in [3.8, 4) is 18.2 Å². The molecule has 0 spiro atoms.